The minimum absolute atomic E-state index is 0.118. The molecule has 2 aliphatic heterocycles. The van der Waals surface area contributed by atoms with Crippen molar-refractivity contribution in [3.05, 3.63) is 11.8 Å². The van der Waals surface area contributed by atoms with Gasteiger partial charge in [-0.05, 0) is 38.9 Å². The molecule has 2 fully saturated rings. The molecule has 0 bridgehead atoms. The molecule has 0 radical (unpaired) electrons. The first kappa shape index (κ1) is 17.5. The number of thioether (sulfide) groups is 1. The molecule has 1 amide bonds. The van der Waals surface area contributed by atoms with E-state index in [1.54, 1.807) is 11.8 Å². The minimum atomic E-state index is 0.118. The molecule has 0 unspecified atom stereocenters. The van der Waals surface area contributed by atoms with Gasteiger partial charge in [-0.15, -0.1) is 0 Å². The number of aromatic nitrogens is 2. The molecule has 1 aromatic heterocycles. The lowest BCUT2D eigenvalue weighted by Gasteiger charge is -2.33. The van der Waals surface area contributed by atoms with Crippen LogP contribution in [-0.4, -0.2) is 54.5 Å². The third-order valence-electron chi connectivity index (χ3n) is 4.76. The lowest BCUT2D eigenvalue weighted by atomic mass is 9.95. The predicted molar refractivity (Wildman–Crippen MR) is 95.5 cm³/mol. The summed E-state index contributed by atoms with van der Waals surface area (Å²) in [5.41, 5.74) is 0.990. The summed E-state index contributed by atoms with van der Waals surface area (Å²) in [5.74, 6) is 1.31. The number of ether oxygens (including phenoxy) is 1. The molecule has 0 atom stereocenters. The summed E-state index contributed by atoms with van der Waals surface area (Å²) in [6.07, 6.45) is 5.62. The number of hydrogen-bond donors (Lipinski definition) is 1. The van der Waals surface area contributed by atoms with Crippen molar-refractivity contribution in [1.29, 1.82) is 0 Å². The van der Waals surface area contributed by atoms with Crippen LogP contribution in [0.2, 0.25) is 0 Å². The summed E-state index contributed by atoms with van der Waals surface area (Å²) in [5, 5.41) is 4.01. The third-order valence-corrected chi connectivity index (χ3v) is 5.31. The fourth-order valence-electron chi connectivity index (χ4n) is 3.31. The monoisotopic (exact) mass is 350 g/mol. The number of carbonyl (C=O) groups excluding carboxylic acids is 1. The predicted octanol–water partition coefficient (Wildman–Crippen LogP) is 2.02. The Balaban J connectivity index is 1.53. The van der Waals surface area contributed by atoms with Crippen LogP contribution < -0.4 is 10.2 Å². The number of carbonyl (C=O) groups is 1. The Morgan fingerprint density at radius 2 is 1.96 bits per heavy atom. The highest BCUT2D eigenvalue weighted by Gasteiger charge is 2.27. The van der Waals surface area contributed by atoms with Crippen molar-refractivity contribution in [3.63, 3.8) is 0 Å². The Morgan fingerprint density at radius 3 is 2.62 bits per heavy atom. The molecule has 6 nitrogen and oxygen atoms in total. The summed E-state index contributed by atoms with van der Waals surface area (Å²) in [4.78, 5) is 23.7. The van der Waals surface area contributed by atoms with E-state index in [-0.39, 0.29) is 17.9 Å². The van der Waals surface area contributed by atoms with Gasteiger partial charge in [-0.1, -0.05) is 11.8 Å². The van der Waals surface area contributed by atoms with E-state index in [0.717, 1.165) is 68.7 Å². The smallest absolute Gasteiger partial charge is 0.223 e. The fraction of sp³-hybridized carbons (Fsp3) is 0.706. The van der Waals surface area contributed by atoms with Crippen molar-refractivity contribution >= 4 is 23.5 Å². The zero-order valence-corrected chi connectivity index (χ0v) is 15.3. The normalized spacial score (nSPS) is 20.2. The van der Waals surface area contributed by atoms with E-state index in [9.17, 15) is 4.79 Å². The van der Waals surface area contributed by atoms with Crippen LogP contribution in [0.4, 0.5) is 5.82 Å². The van der Waals surface area contributed by atoms with Gasteiger partial charge in [0.1, 0.15) is 5.82 Å². The molecule has 3 rings (SSSR count). The first-order valence-electron chi connectivity index (χ1n) is 8.68. The Morgan fingerprint density at radius 1 is 1.25 bits per heavy atom. The zero-order chi connectivity index (χ0) is 16.9. The van der Waals surface area contributed by atoms with Gasteiger partial charge in [0, 0.05) is 50.0 Å². The van der Waals surface area contributed by atoms with Gasteiger partial charge in [0.05, 0.1) is 0 Å². The number of anilines is 1. The number of amides is 1. The fourth-order valence-corrected chi connectivity index (χ4v) is 3.73. The molecule has 2 saturated heterocycles. The molecular formula is C17H26N4O2S. The lowest BCUT2D eigenvalue weighted by molar-refractivity contribution is -0.126. The second kappa shape index (κ2) is 8.16. The Kier molecular flexibility index (Phi) is 5.94. The maximum absolute atomic E-state index is 12.5. The molecule has 2 aliphatic rings. The molecule has 1 N–H and O–H groups in total. The van der Waals surface area contributed by atoms with Crippen LogP contribution in [0.1, 0.15) is 31.4 Å². The van der Waals surface area contributed by atoms with E-state index < -0.39 is 0 Å². The van der Waals surface area contributed by atoms with Crippen LogP contribution in [0.5, 0.6) is 0 Å². The van der Waals surface area contributed by atoms with E-state index in [1.807, 2.05) is 19.2 Å². The number of aryl methyl sites for hydroxylation is 1. The van der Waals surface area contributed by atoms with Crippen molar-refractivity contribution in [2.24, 2.45) is 5.92 Å². The summed E-state index contributed by atoms with van der Waals surface area (Å²) in [7, 11) is 0. The van der Waals surface area contributed by atoms with Crippen molar-refractivity contribution in [3.8, 4) is 0 Å². The average molecular weight is 350 g/mol. The van der Waals surface area contributed by atoms with Gasteiger partial charge in [0.2, 0.25) is 5.91 Å². The summed E-state index contributed by atoms with van der Waals surface area (Å²) in [6, 6.07) is 2.32. The van der Waals surface area contributed by atoms with Crippen LogP contribution in [0.15, 0.2) is 11.2 Å². The van der Waals surface area contributed by atoms with Gasteiger partial charge in [-0.25, -0.2) is 9.97 Å². The zero-order valence-electron chi connectivity index (χ0n) is 14.5. The second-order valence-electron chi connectivity index (χ2n) is 6.51. The summed E-state index contributed by atoms with van der Waals surface area (Å²) >= 11 is 1.56. The summed E-state index contributed by atoms with van der Waals surface area (Å²) < 4.78 is 5.35. The van der Waals surface area contributed by atoms with Crippen molar-refractivity contribution in [2.45, 2.75) is 43.8 Å². The number of rotatable bonds is 4. The van der Waals surface area contributed by atoms with Crippen molar-refractivity contribution in [2.75, 3.05) is 37.5 Å². The van der Waals surface area contributed by atoms with E-state index in [4.69, 9.17) is 4.74 Å². The molecule has 1 aromatic rings. The van der Waals surface area contributed by atoms with E-state index in [2.05, 4.69) is 20.2 Å². The van der Waals surface area contributed by atoms with Gasteiger partial charge in [-0.2, -0.15) is 0 Å². The third kappa shape index (κ3) is 4.39. The Bertz CT molecular complexity index is 570. The van der Waals surface area contributed by atoms with Crippen molar-refractivity contribution < 1.29 is 9.53 Å². The second-order valence-corrected chi connectivity index (χ2v) is 7.28. The molecule has 0 aliphatic carbocycles. The number of nitrogens with one attached hydrogen (secondary N) is 1. The quantitative estimate of drug-likeness (QED) is 0.662. The van der Waals surface area contributed by atoms with Crippen LogP contribution in [0, 0.1) is 12.8 Å². The van der Waals surface area contributed by atoms with E-state index in [1.165, 1.54) is 0 Å². The topological polar surface area (TPSA) is 67.4 Å². The highest BCUT2D eigenvalue weighted by molar-refractivity contribution is 7.98. The van der Waals surface area contributed by atoms with E-state index >= 15 is 0 Å². The molecule has 0 saturated carbocycles. The SMILES string of the molecule is CSc1nc(C)cc(N2CCC(C(=O)NC3CCOCC3)CC2)n1. The molecular weight excluding hydrogens is 324 g/mol. The standard InChI is InChI=1S/C17H26N4O2S/c1-12-11-15(20-17(18-12)24-2)21-7-3-13(4-8-21)16(22)19-14-5-9-23-10-6-14/h11,13-14H,3-10H2,1-2H3,(H,19,22). The van der Waals surface area contributed by atoms with Crippen LogP contribution in [0.3, 0.4) is 0 Å². The number of piperidine rings is 1. The van der Waals surface area contributed by atoms with Gasteiger partial charge in [0.15, 0.2) is 5.16 Å². The highest BCUT2D eigenvalue weighted by Crippen LogP contribution is 2.24. The largest absolute Gasteiger partial charge is 0.381 e. The first-order chi connectivity index (χ1) is 11.7. The number of nitrogens with zero attached hydrogens (tertiary/aromatic N) is 3. The van der Waals surface area contributed by atoms with Gasteiger partial charge >= 0.3 is 0 Å². The highest BCUT2D eigenvalue weighted by atomic mass is 32.2. The maximum atomic E-state index is 12.5. The van der Waals surface area contributed by atoms with Gasteiger partial charge < -0.3 is 15.0 Å². The molecule has 24 heavy (non-hydrogen) atoms. The van der Waals surface area contributed by atoms with Crippen LogP contribution in [-0.2, 0) is 9.53 Å². The first-order valence-corrected chi connectivity index (χ1v) is 9.91. The molecule has 3 heterocycles. The minimum Gasteiger partial charge on any atom is -0.381 e. The molecule has 0 spiro atoms. The maximum Gasteiger partial charge on any atom is 0.223 e. The van der Waals surface area contributed by atoms with E-state index in [0.29, 0.717) is 0 Å². The van der Waals surface area contributed by atoms with Gasteiger partial charge in [0.25, 0.3) is 0 Å². The summed E-state index contributed by atoms with van der Waals surface area (Å²) in [6.45, 7) is 5.26. The van der Waals surface area contributed by atoms with Gasteiger partial charge in [-0.3, -0.25) is 4.79 Å². The Labute approximate surface area is 147 Å². The number of hydrogen-bond acceptors (Lipinski definition) is 6. The average Bonchev–Trinajstić information content (AvgIpc) is 2.62. The Hall–Kier alpha value is -1.34. The van der Waals surface area contributed by atoms with Crippen molar-refractivity contribution in [1.82, 2.24) is 15.3 Å². The lowest BCUT2D eigenvalue weighted by Crippen LogP contribution is -2.45. The molecule has 7 heteroatoms. The van der Waals surface area contributed by atoms with Crippen LogP contribution in [0.25, 0.3) is 0 Å². The molecule has 0 aromatic carbocycles. The van der Waals surface area contributed by atoms with Crippen LogP contribution >= 0.6 is 11.8 Å². The molecule has 132 valence electrons.